The molecule has 0 saturated heterocycles. The largest absolute Gasteiger partial charge is 0.436 e. The SMILES string of the molecule is Cc1c(Br)c(C(F)(F)F)nn1CCCl. The summed E-state index contributed by atoms with van der Waals surface area (Å²) in [6, 6.07) is 0. The van der Waals surface area contributed by atoms with Crippen LogP contribution in [0.4, 0.5) is 13.2 Å². The van der Waals surface area contributed by atoms with Crippen molar-refractivity contribution in [1.29, 1.82) is 0 Å². The Morgan fingerprint density at radius 1 is 1.50 bits per heavy atom. The van der Waals surface area contributed by atoms with Gasteiger partial charge in [-0.3, -0.25) is 4.68 Å². The molecule has 0 saturated carbocycles. The van der Waals surface area contributed by atoms with Gasteiger partial charge in [0.05, 0.1) is 16.7 Å². The van der Waals surface area contributed by atoms with E-state index in [-0.39, 0.29) is 16.9 Å². The molecule has 0 bridgehead atoms. The molecule has 1 heterocycles. The van der Waals surface area contributed by atoms with E-state index in [1.54, 1.807) is 6.92 Å². The Morgan fingerprint density at radius 3 is 2.43 bits per heavy atom. The van der Waals surface area contributed by atoms with E-state index < -0.39 is 11.9 Å². The van der Waals surface area contributed by atoms with Crippen LogP contribution in [0, 0.1) is 6.92 Å². The summed E-state index contributed by atoms with van der Waals surface area (Å²) in [6.07, 6.45) is -4.43. The average Bonchev–Trinajstić information content (AvgIpc) is 2.32. The normalized spacial score (nSPS) is 12.1. The van der Waals surface area contributed by atoms with Gasteiger partial charge in [0.2, 0.25) is 0 Å². The third kappa shape index (κ3) is 2.23. The summed E-state index contributed by atoms with van der Waals surface area (Å²) in [4.78, 5) is 0. The van der Waals surface area contributed by atoms with Gasteiger partial charge in [0, 0.05) is 5.88 Å². The molecule has 0 spiro atoms. The minimum absolute atomic E-state index is 0.0184. The van der Waals surface area contributed by atoms with E-state index in [0.717, 1.165) is 0 Å². The number of nitrogens with zero attached hydrogens (tertiary/aromatic N) is 2. The lowest BCUT2D eigenvalue weighted by Crippen LogP contribution is -2.09. The number of rotatable bonds is 2. The zero-order valence-corrected chi connectivity index (χ0v) is 9.54. The van der Waals surface area contributed by atoms with Crippen LogP contribution in [0.25, 0.3) is 0 Å². The van der Waals surface area contributed by atoms with Crippen molar-refractivity contribution in [2.24, 2.45) is 0 Å². The monoisotopic (exact) mass is 290 g/mol. The first-order valence-electron chi connectivity index (χ1n) is 3.74. The van der Waals surface area contributed by atoms with E-state index in [4.69, 9.17) is 11.6 Å². The Labute approximate surface area is 92.2 Å². The Bertz CT molecular complexity index is 334. The van der Waals surface area contributed by atoms with Gasteiger partial charge in [-0.15, -0.1) is 11.6 Å². The molecule has 2 nitrogen and oxygen atoms in total. The molecule has 80 valence electrons. The summed E-state index contributed by atoms with van der Waals surface area (Å²) in [6.45, 7) is 1.82. The van der Waals surface area contributed by atoms with Crippen molar-refractivity contribution in [2.75, 3.05) is 5.88 Å². The van der Waals surface area contributed by atoms with Crippen LogP contribution in [-0.4, -0.2) is 15.7 Å². The molecule has 0 aliphatic heterocycles. The molecule has 14 heavy (non-hydrogen) atoms. The Morgan fingerprint density at radius 2 is 2.07 bits per heavy atom. The summed E-state index contributed by atoms with van der Waals surface area (Å²) in [5, 5.41) is 3.43. The minimum Gasteiger partial charge on any atom is -0.267 e. The van der Waals surface area contributed by atoms with E-state index in [1.807, 2.05) is 0 Å². The Kier molecular flexibility index (Phi) is 3.47. The van der Waals surface area contributed by atoms with Crippen LogP contribution in [0.2, 0.25) is 0 Å². The van der Waals surface area contributed by atoms with Gasteiger partial charge in [0.15, 0.2) is 5.69 Å². The summed E-state index contributed by atoms with van der Waals surface area (Å²) in [7, 11) is 0. The summed E-state index contributed by atoms with van der Waals surface area (Å²) in [5.41, 5.74) is -0.474. The molecule has 1 aromatic rings. The first-order chi connectivity index (χ1) is 6.38. The maximum Gasteiger partial charge on any atom is 0.436 e. The van der Waals surface area contributed by atoms with Crippen LogP contribution in [0.5, 0.6) is 0 Å². The number of hydrogen-bond donors (Lipinski definition) is 0. The van der Waals surface area contributed by atoms with Crippen molar-refractivity contribution in [3.63, 3.8) is 0 Å². The molecule has 0 fully saturated rings. The number of aromatic nitrogens is 2. The van der Waals surface area contributed by atoms with E-state index in [0.29, 0.717) is 5.69 Å². The van der Waals surface area contributed by atoms with Gasteiger partial charge < -0.3 is 0 Å². The highest BCUT2D eigenvalue weighted by atomic mass is 79.9. The fraction of sp³-hybridized carbons (Fsp3) is 0.571. The molecule has 0 radical (unpaired) electrons. The van der Waals surface area contributed by atoms with Gasteiger partial charge in [0.1, 0.15) is 0 Å². The fourth-order valence-electron chi connectivity index (χ4n) is 1.00. The molecule has 1 rings (SSSR count). The number of hydrogen-bond acceptors (Lipinski definition) is 1. The second-order valence-electron chi connectivity index (χ2n) is 2.66. The van der Waals surface area contributed by atoms with Gasteiger partial charge in [-0.25, -0.2) is 0 Å². The van der Waals surface area contributed by atoms with Gasteiger partial charge in [0.25, 0.3) is 0 Å². The minimum atomic E-state index is -4.43. The smallest absolute Gasteiger partial charge is 0.267 e. The molecule has 1 aromatic heterocycles. The molecule has 0 atom stereocenters. The second kappa shape index (κ2) is 4.10. The second-order valence-corrected chi connectivity index (χ2v) is 3.83. The number of aryl methyl sites for hydroxylation is 1. The number of alkyl halides is 4. The van der Waals surface area contributed by atoms with Gasteiger partial charge in [-0.05, 0) is 22.9 Å². The van der Waals surface area contributed by atoms with Crippen molar-refractivity contribution >= 4 is 27.5 Å². The highest BCUT2D eigenvalue weighted by Crippen LogP contribution is 2.35. The molecule has 0 unspecified atom stereocenters. The first-order valence-corrected chi connectivity index (χ1v) is 5.06. The summed E-state index contributed by atoms with van der Waals surface area (Å²) in [5.74, 6) is 0.228. The van der Waals surface area contributed by atoms with Crippen LogP contribution in [0.1, 0.15) is 11.4 Å². The third-order valence-corrected chi connectivity index (χ3v) is 2.82. The van der Waals surface area contributed by atoms with Crippen LogP contribution in [0.3, 0.4) is 0 Å². The van der Waals surface area contributed by atoms with Crippen molar-refractivity contribution in [3.8, 4) is 0 Å². The fourth-order valence-corrected chi connectivity index (χ4v) is 1.67. The highest BCUT2D eigenvalue weighted by molar-refractivity contribution is 9.10. The van der Waals surface area contributed by atoms with Crippen molar-refractivity contribution in [3.05, 3.63) is 15.9 Å². The number of halogens is 5. The summed E-state index contributed by atoms with van der Waals surface area (Å²) < 4.78 is 38.2. The predicted octanol–water partition coefficient (Wildman–Crippen LogP) is 3.21. The lowest BCUT2D eigenvalue weighted by Gasteiger charge is -2.01. The third-order valence-electron chi connectivity index (χ3n) is 1.70. The maximum absolute atomic E-state index is 12.3. The Hall–Kier alpha value is -0.230. The lowest BCUT2D eigenvalue weighted by molar-refractivity contribution is -0.142. The Balaban J connectivity index is 3.15. The predicted molar refractivity (Wildman–Crippen MR) is 50.4 cm³/mol. The molecular weight excluding hydrogens is 284 g/mol. The molecular formula is C7H7BrClF3N2. The van der Waals surface area contributed by atoms with Crippen LogP contribution in [-0.2, 0) is 12.7 Å². The lowest BCUT2D eigenvalue weighted by atomic mass is 10.3. The van der Waals surface area contributed by atoms with Gasteiger partial charge in [-0.1, -0.05) is 0 Å². The van der Waals surface area contributed by atoms with E-state index >= 15 is 0 Å². The van der Waals surface area contributed by atoms with Crippen LogP contribution in [0.15, 0.2) is 4.47 Å². The average molecular weight is 291 g/mol. The van der Waals surface area contributed by atoms with Gasteiger partial charge >= 0.3 is 6.18 Å². The topological polar surface area (TPSA) is 17.8 Å². The van der Waals surface area contributed by atoms with Crippen molar-refractivity contribution in [2.45, 2.75) is 19.6 Å². The zero-order chi connectivity index (χ0) is 10.9. The molecule has 7 heteroatoms. The van der Waals surface area contributed by atoms with E-state index in [1.165, 1.54) is 4.68 Å². The highest BCUT2D eigenvalue weighted by Gasteiger charge is 2.37. The maximum atomic E-state index is 12.3. The van der Waals surface area contributed by atoms with E-state index in [2.05, 4.69) is 21.0 Å². The molecule has 0 aliphatic carbocycles. The zero-order valence-electron chi connectivity index (χ0n) is 7.20. The molecule has 0 amide bonds. The summed E-state index contributed by atoms with van der Waals surface area (Å²) >= 11 is 8.29. The quantitative estimate of drug-likeness (QED) is 0.765. The van der Waals surface area contributed by atoms with Crippen LogP contribution < -0.4 is 0 Å². The molecule has 0 aromatic carbocycles. The molecule has 0 N–H and O–H groups in total. The standard InChI is InChI=1S/C7H7BrClF3N2/c1-4-5(8)6(7(10,11)12)13-14(4)3-2-9/h2-3H2,1H3. The van der Waals surface area contributed by atoms with Gasteiger partial charge in [-0.2, -0.15) is 18.3 Å². The molecule has 0 aliphatic rings. The first kappa shape index (κ1) is 11.8. The van der Waals surface area contributed by atoms with Crippen molar-refractivity contribution in [1.82, 2.24) is 9.78 Å². The van der Waals surface area contributed by atoms with Crippen LogP contribution >= 0.6 is 27.5 Å². The van der Waals surface area contributed by atoms with E-state index in [9.17, 15) is 13.2 Å². The van der Waals surface area contributed by atoms with Crippen molar-refractivity contribution < 1.29 is 13.2 Å².